The normalized spacial score (nSPS) is 19.6. The Morgan fingerprint density at radius 3 is 2.95 bits per heavy atom. The fourth-order valence-corrected chi connectivity index (χ4v) is 2.98. The van der Waals surface area contributed by atoms with Gasteiger partial charge in [-0.05, 0) is 63.5 Å². The zero-order valence-corrected chi connectivity index (χ0v) is 13.3. The first-order valence-electron chi connectivity index (χ1n) is 8.01. The summed E-state index contributed by atoms with van der Waals surface area (Å²) < 4.78 is 5.04. The number of nitrogens with zero attached hydrogens (tertiary/aromatic N) is 1. The summed E-state index contributed by atoms with van der Waals surface area (Å²) in [6.45, 7) is 6.57. The molecular formula is C17H28N2O2. The lowest BCUT2D eigenvalue weighted by atomic mass is 10.0. The second-order valence-electron chi connectivity index (χ2n) is 5.92. The Labute approximate surface area is 128 Å². The molecule has 1 aromatic carbocycles. The molecule has 1 aliphatic heterocycles. The second kappa shape index (κ2) is 8.25. The fourth-order valence-electron chi connectivity index (χ4n) is 2.98. The van der Waals surface area contributed by atoms with Crippen molar-refractivity contribution >= 4 is 0 Å². The van der Waals surface area contributed by atoms with Crippen LogP contribution >= 0.6 is 0 Å². The number of benzene rings is 1. The molecule has 1 unspecified atom stereocenters. The van der Waals surface area contributed by atoms with Crippen LogP contribution in [0.25, 0.3) is 0 Å². The lowest BCUT2D eigenvalue weighted by Crippen LogP contribution is -2.38. The third-order valence-corrected chi connectivity index (χ3v) is 4.31. The van der Waals surface area contributed by atoms with Gasteiger partial charge in [0.2, 0.25) is 0 Å². The Bertz CT molecular complexity index is 437. The van der Waals surface area contributed by atoms with E-state index in [1.165, 1.54) is 38.8 Å². The van der Waals surface area contributed by atoms with Crippen LogP contribution in [0.15, 0.2) is 18.2 Å². The van der Waals surface area contributed by atoms with Crippen LogP contribution in [-0.4, -0.2) is 42.8 Å². The van der Waals surface area contributed by atoms with Gasteiger partial charge in [-0.3, -0.25) is 0 Å². The number of hydrogen-bond donors (Lipinski definition) is 2. The molecule has 0 aliphatic carbocycles. The molecule has 1 aliphatic rings. The van der Waals surface area contributed by atoms with Gasteiger partial charge < -0.3 is 20.1 Å². The van der Waals surface area contributed by atoms with Gasteiger partial charge in [-0.1, -0.05) is 12.5 Å². The number of phenolic OH excluding ortho intramolecular Hbond substituents is 1. The molecule has 0 saturated carbocycles. The number of hydrogen-bond acceptors (Lipinski definition) is 4. The predicted octanol–water partition coefficient (Wildman–Crippen LogP) is 2.75. The van der Waals surface area contributed by atoms with E-state index < -0.39 is 0 Å². The monoisotopic (exact) mass is 292 g/mol. The lowest BCUT2D eigenvalue weighted by molar-refractivity contribution is 0.159. The topological polar surface area (TPSA) is 44.7 Å². The minimum absolute atomic E-state index is 0.207. The number of phenols is 1. The Hall–Kier alpha value is -1.26. The standard InChI is InChI=1S/C17H28N2O2/c1-14-6-3-4-10-19(14)11-5-9-18-13-15-7-8-17(21-2)16(20)12-15/h7-8,12,14,18,20H,3-6,9-11,13H2,1-2H3. The van der Waals surface area contributed by atoms with Crippen LogP contribution in [0.5, 0.6) is 11.5 Å². The average Bonchev–Trinajstić information content (AvgIpc) is 2.49. The first-order chi connectivity index (χ1) is 10.2. The molecule has 0 amide bonds. The van der Waals surface area contributed by atoms with Crippen molar-refractivity contribution in [2.45, 2.75) is 45.2 Å². The molecular weight excluding hydrogens is 264 g/mol. The van der Waals surface area contributed by atoms with Crippen molar-refractivity contribution in [2.24, 2.45) is 0 Å². The molecule has 0 spiro atoms. The molecule has 1 aromatic rings. The highest BCUT2D eigenvalue weighted by atomic mass is 16.5. The Morgan fingerprint density at radius 1 is 1.38 bits per heavy atom. The maximum atomic E-state index is 9.73. The van der Waals surface area contributed by atoms with Gasteiger partial charge in [0.05, 0.1) is 7.11 Å². The summed E-state index contributed by atoms with van der Waals surface area (Å²) in [5, 5.41) is 13.2. The molecule has 4 heteroatoms. The molecule has 0 radical (unpaired) electrons. The second-order valence-corrected chi connectivity index (χ2v) is 5.92. The van der Waals surface area contributed by atoms with E-state index in [2.05, 4.69) is 17.1 Å². The van der Waals surface area contributed by atoms with Gasteiger partial charge in [-0.25, -0.2) is 0 Å². The van der Waals surface area contributed by atoms with Crippen LogP contribution in [-0.2, 0) is 6.54 Å². The molecule has 0 aromatic heterocycles. The van der Waals surface area contributed by atoms with E-state index in [-0.39, 0.29) is 5.75 Å². The predicted molar refractivity (Wildman–Crippen MR) is 85.9 cm³/mol. The summed E-state index contributed by atoms with van der Waals surface area (Å²) in [7, 11) is 1.56. The Kier molecular flexibility index (Phi) is 6.33. The van der Waals surface area contributed by atoms with Crippen LogP contribution in [0.1, 0.15) is 38.2 Å². The average molecular weight is 292 g/mol. The molecule has 0 bridgehead atoms. The van der Waals surface area contributed by atoms with Gasteiger partial charge in [0, 0.05) is 12.6 Å². The van der Waals surface area contributed by atoms with Crippen LogP contribution in [0.3, 0.4) is 0 Å². The SMILES string of the molecule is COc1ccc(CNCCCN2CCCCC2C)cc1O. The first kappa shape index (κ1) is 16.1. The van der Waals surface area contributed by atoms with Gasteiger partial charge in [0.25, 0.3) is 0 Å². The van der Waals surface area contributed by atoms with Gasteiger partial charge in [0.15, 0.2) is 11.5 Å². The molecule has 1 atom stereocenters. The number of ether oxygens (including phenoxy) is 1. The molecule has 21 heavy (non-hydrogen) atoms. The van der Waals surface area contributed by atoms with Crippen LogP contribution < -0.4 is 10.1 Å². The molecule has 2 rings (SSSR count). The molecule has 118 valence electrons. The van der Waals surface area contributed by atoms with Crippen LogP contribution in [0, 0.1) is 0 Å². The summed E-state index contributed by atoms with van der Waals surface area (Å²) in [4.78, 5) is 2.60. The lowest BCUT2D eigenvalue weighted by Gasteiger charge is -2.33. The van der Waals surface area contributed by atoms with E-state index >= 15 is 0 Å². The third-order valence-electron chi connectivity index (χ3n) is 4.31. The quantitative estimate of drug-likeness (QED) is 0.759. The van der Waals surface area contributed by atoms with Crippen LogP contribution in [0.2, 0.25) is 0 Å². The van der Waals surface area contributed by atoms with E-state index in [0.29, 0.717) is 5.75 Å². The van der Waals surface area contributed by atoms with Crippen molar-refractivity contribution in [3.63, 3.8) is 0 Å². The van der Waals surface area contributed by atoms with E-state index in [9.17, 15) is 5.11 Å². The van der Waals surface area contributed by atoms with Gasteiger partial charge >= 0.3 is 0 Å². The van der Waals surface area contributed by atoms with Gasteiger partial charge in [-0.2, -0.15) is 0 Å². The molecule has 1 heterocycles. The maximum Gasteiger partial charge on any atom is 0.160 e. The summed E-state index contributed by atoms with van der Waals surface area (Å²) in [6, 6.07) is 6.30. The molecule has 1 saturated heterocycles. The number of piperidine rings is 1. The fraction of sp³-hybridized carbons (Fsp3) is 0.647. The van der Waals surface area contributed by atoms with Crippen LogP contribution in [0.4, 0.5) is 0 Å². The molecule has 2 N–H and O–H groups in total. The third kappa shape index (κ3) is 4.90. The van der Waals surface area contributed by atoms with Crippen molar-refractivity contribution in [3.8, 4) is 11.5 Å². The summed E-state index contributed by atoms with van der Waals surface area (Å²) in [5.74, 6) is 0.733. The molecule has 4 nitrogen and oxygen atoms in total. The van der Waals surface area contributed by atoms with Gasteiger partial charge in [-0.15, -0.1) is 0 Å². The van der Waals surface area contributed by atoms with Gasteiger partial charge in [0.1, 0.15) is 0 Å². The van der Waals surface area contributed by atoms with E-state index in [1.54, 1.807) is 13.2 Å². The van der Waals surface area contributed by atoms with E-state index in [0.717, 1.165) is 24.7 Å². The van der Waals surface area contributed by atoms with Crippen molar-refractivity contribution < 1.29 is 9.84 Å². The highest BCUT2D eigenvalue weighted by Gasteiger charge is 2.16. The van der Waals surface area contributed by atoms with E-state index in [1.807, 2.05) is 12.1 Å². The minimum Gasteiger partial charge on any atom is -0.504 e. The summed E-state index contributed by atoms with van der Waals surface area (Å²) >= 11 is 0. The maximum absolute atomic E-state index is 9.73. The Balaban J connectivity index is 1.64. The zero-order valence-electron chi connectivity index (χ0n) is 13.3. The highest BCUT2D eigenvalue weighted by Crippen LogP contribution is 2.26. The highest BCUT2D eigenvalue weighted by molar-refractivity contribution is 5.41. The number of aromatic hydroxyl groups is 1. The number of nitrogens with one attached hydrogen (secondary N) is 1. The number of likely N-dealkylation sites (tertiary alicyclic amines) is 1. The smallest absolute Gasteiger partial charge is 0.160 e. The summed E-state index contributed by atoms with van der Waals surface area (Å²) in [5.41, 5.74) is 1.08. The zero-order chi connectivity index (χ0) is 15.1. The molecule has 1 fully saturated rings. The number of methoxy groups -OCH3 is 1. The van der Waals surface area contributed by atoms with Crippen molar-refractivity contribution in [1.82, 2.24) is 10.2 Å². The summed E-state index contributed by atoms with van der Waals surface area (Å²) in [6.07, 6.45) is 5.25. The number of rotatable bonds is 7. The largest absolute Gasteiger partial charge is 0.504 e. The first-order valence-corrected chi connectivity index (χ1v) is 8.01. The van der Waals surface area contributed by atoms with E-state index in [4.69, 9.17) is 4.74 Å². The Morgan fingerprint density at radius 2 is 2.24 bits per heavy atom. The minimum atomic E-state index is 0.207. The van der Waals surface area contributed by atoms with Crippen molar-refractivity contribution in [2.75, 3.05) is 26.7 Å². The van der Waals surface area contributed by atoms with Crippen molar-refractivity contribution in [3.05, 3.63) is 23.8 Å². The van der Waals surface area contributed by atoms with Crippen molar-refractivity contribution in [1.29, 1.82) is 0 Å².